The molecule has 2 N–H and O–H groups in total. The summed E-state index contributed by atoms with van der Waals surface area (Å²) in [6.07, 6.45) is 2.48. The van der Waals surface area contributed by atoms with Gasteiger partial charge < -0.3 is 0 Å². The standard InChI is InChI=1S/C17H15N3O5S/c1-26(24,25)13-4-2-3-11(7-13)9-20-10-18-15-6-5-12(16(21)19-23)8-14(15)17(20)22/h2-8,10,23H,9H2,1H3,(H,19,21). The number of amides is 1. The number of nitrogens with zero attached hydrogens (tertiary/aromatic N) is 2. The normalized spacial score (nSPS) is 11.5. The fourth-order valence-electron chi connectivity index (χ4n) is 2.55. The zero-order chi connectivity index (χ0) is 18.9. The fourth-order valence-corrected chi connectivity index (χ4v) is 3.24. The van der Waals surface area contributed by atoms with E-state index in [0.717, 1.165) is 6.26 Å². The van der Waals surface area contributed by atoms with E-state index in [1.807, 2.05) is 0 Å². The highest BCUT2D eigenvalue weighted by Gasteiger charge is 2.11. The van der Waals surface area contributed by atoms with Crippen molar-refractivity contribution in [3.8, 4) is 0 Å². The van der Waals surface area contributed by atoms with Crippen molar-refractivity contribution in [1.29, 1.82) is 0 Å². The van der Waals surface area contributed by atoms with Crippen LogP contribution in [0.15, 0.2) is 58.5 Å². The van der Waals surface area contributed by atoms with Crippen LogP contribution in [0.5, 0.6) is 0 Å². The highest BCUT2D eigenvalue weighted by molar-refractivity contribution is 7.90. The maximum absolute atomic E-state index is 12.7. The lowest BCUT2D eigenvalue weighted by molar-refractivity contribution is 0.0706. The van der Waals surface area contributed by atoms with Gasteiger partial charge in [0.2, 0.25) is 0 Å². The second-order valence-corrected chi connectivity index (χ2v) is 7.79. The summed E-state index contributed by atoms with van der Waals surface area (Å²) >= 11 is 0. The van der Waals surface area contributed by atoms with E-state index in [1.165, 1.54) is 46.7 Å². The number of carbonyl (C=O) groups is 1. The molecule has 1 amide bonds. The SMILES string of the molecule is CS(=O)(=O)c1cccc(Cn2cnc3ccc(C(=O)NO)cc3c2=O)c1. The third-order valence-electron chi connectivity index (χ3n) is 3.87. The lowest BCUT2D eigenvalue weighted by atomic mass is 10.1. The highest BCUT2D eigenvalue weighted by atomic mass is 32.2. The molecule has 0 saturated carbocycles. The van der Waals surface area contributed by atoms with Crippen LogP contribution in [-0.4, -0.2) is 35.3 Å². The van der Waals surface area contributed by atoms with Crippen LogP contribution in [0, 0.1) is 0 Å². The molecule has 134 valence electrons. The number of hydrogen-bond acceptors (Lipinski definition) is 6. The van der Waals surface area contributed by atoms with Gasteiger partial charge in [-0.25, -0.2) is 18.9 Å². The minimum Gasteiger partial charge on any atom is -0.294 e. The number of benzene rings is 2. The van der Waals surface area contributed by atoms with Crippen LogP contribution >= 0.6 is 0 Å². The summed E-state index contributed by atoms with van der Waals surface area (Å²) in [7, 11) is -3.35. The van der Waals surface area contributed by atoms with Gasteiger partial charge in [-0.2, -0.15) is 0 Å². The largest absolute Gasteiger partial charge is 0.294 e. The summed E-state index contributed by atoms with van der Waals surface area (Å²) in [6.45, 7) is 0.127. The number of carbonyl (C=O) groups excluding carboxylic acids is 1. The predicted molar refractivity (Wildman–Crippen MR) is 93.9 cm³/mol. The second kappa shape index (κ2) is 6.70. The van der Waals surface area contributed by atoms with Gasteiger partial charge in [0.1, 0.15) is 0 Å². The summed E-state index contributed by atoms with van der Waals surface area (Å²) in [4.78, 5) is 28.6. The van der Waals surface area contributed by atoms with E-state index in [2.05, 4.69) is 4.98 Å². The molecule has 3 rings (SSSR count). The molecule has 0 unspecified atom stereocenters. The lowest BCUT2D eigenvalue weighted by Gasteiger charge is -2.09. The number of sulfone groups is 1. The minimum absolute atomic E-state index is 0.121. The number of hydrogen-bond donors (Lipinski definition) is 2. The number of hydroxylamine groups is 1. The Morgan fingerprint density at radius 3 is 2.69 bits per heavy atom. The maximum Gasteiger partial charge on any atom is 0.274 e. The molecule has 1 heterocycles. The van der Waals surface area contributed by atoms with Crippen LogP contribution in [0.3, 0.4) is 0 Å². The number of aromatic nitrogens is 2. The first-order chi connectivity index (χ1) is 12.3. The molecule has 0 radical (unpaired) electrons. The molecule has 0 aliphatic heterocycles. The molecular weight excluding hydrogens is 358 g/mol. The molecule has 26 heavy (non-hydrogen) atoms. The van der Waals surface area contributed by atoms with E-state index in [9.17, 15) is 18.0 Å². The Morgan fingerprint density at radius 1 is 1.23 bits per heavy atom. The van der Waals surface area contributed by atoms with Crippen LogP contribution in [0.25, 0.3) is 10.9 Å². The van der Waals surface area contributed by atoms with E-state index in [1.54, 1.807) is 12.1 Å². The Hall–Kier alpha value is -3.04. The van der Waals surface area contributed by atoms with Crippen molar-refractivity contribution in [3.05, 3.63) is 70.3 Å². The third-order valence-corrected chi connectivity index (χ3v) is 4.98. The van der Waals surface area contributed by atoms with Crippen LogP contribution in [-0.2, 0) is 16.4 Å². The van der Waals surface area contributed by atoms with Gasteiger partial charge >= 0.3 is 0 Å². The molecule has 0 saturated heterocycles. The van der Waals surface area contributed by atoms with E-state index in [0.29, 0.717) is 11.1 Å². The number of nitrogens with one attached hydrogen (secondary N) is 1. The summed E-state index contributed by atoms with van der Waals surface area (Å²) < 4.78 is 24.7. The molecule has 9 heteroatoms. The molecule has 0 aliphatic rings. The predicted octanol–water partition coefficient (Wildman–Crippen LogP) is 0.967. The van der Waals surface area contributed by atoms with Crippen LogP contribution in [0.1, 0.15) is 15.9 Å². The first-order valence-corrected chi connectivity index (χ1v) is 9.41. The van der Waals surface area contributed by atoms with Crippen LogP contribution in [0.2, 0.25) is 0 Å². The van der Waals surface area contributed by atoms with Crippen LogP contribution < -0.4 is 11.0 Å². The molecule has 1 aromatic heterocycles. The summed E-state index contributed by atoms with van der Waals surface area (Å²) in [6, 6.07) is 10.6. The average Bonchev–Trinajstić information content (AvgIpc) is 2.63. The van der Waals surface area contributed by atoms with Gasteiger partial charge in [-0.1, -0.05) is 12.1 Å². The lowest BCUT2D eigenvalue weighted by Crippen LogP contribution is -2.23. The van der Waals surface area contributed by atoms with Gasteiger partial charge in [-0.15, -0.1) is 0 Å². The first-order valence-electron chi connectivity index (χ1n) is 7.52. The molecule has 0 fully saturated rings. The van der Waals surface area contributed by atoms with Crippen molar-refractivity contribution in [3.63, 3.8) is 0 Å². The van der Waals surface area contributed by atoms with Gasteiger partial charge in [0, 0.05) is 11.8 Å². The van der Waals surface area contributed by atoms with Crippen molar-refractivity contribution < 1.29 is 18.4 Å². The van der Waals surface area contributed by atoms with E-state index >= 15 is 0 Å². The van der Waals surface area contributed by atoms with Crippen molar-refractivity contribution in [2.45, 2.75) is 11.4 Å². The van der Waals surface area contributed by atoms with Gasteiger partial charge in [-0.3, -0.25) is 19.4 Å². The Kier molecular flexibility index (Phi) is 4.58. The van der Waals surface area contributed by atoms with E-state index in [4.69, 9.17) is 5.21 Å². The smallest absolute Gasteiger partial charge is 0.274 e. The topological polar surface area (TPSA) is 118 Å². The molecule has 8 nitrogen and oxygen atoms in total. The summed E-state index contributed by atoms with van der Waals surface area (Å²) in [5, 5.41) is 8.94. The molecule has 3 aromatic rings. The van der Waals surface area contributed by atoms with Gasteiger partial charge in [0.15, 0.2) is 9.84 Å². The van der Waals surface area contributed by atoms with Gasteiger partial charge in [0.25, 0.3) is 11.5 Å². The zero-order valence-corrected chi connectivity index (χ0v) is 14.5. The van der Waals surface area contributed by atoms with Crippen LogP contribution in [0.4, 0.5) is 0 Å². The summed E-state index contributed by atoms with van der Waals surface area (Å²) in [5.74, 6) is -0.734. The Balaban J connectivity index is 2.05. The minimum atomic E-state index is -3.35. The zero-order valence-electron chi connectivity index (χ0n) is 13.7. The van der Waals surface area contributed by atoms with Gasteiger partial charge in [0.05, 0.1) is 28.7 Å². The Bertz CT molecular complexity index is 1170. The van der Waals surface area contributed by atoms with Crippen molar-refractivity contribution in [1.82, 2.24) is 15.0 Å². The molecular formula is C17H15N3O5S. The maximum atomic E-state index is 12.7. The highest BCUT2D eigenvalue weighted by Crippen LogP contribution is 2.13. The molecule has 0 atom stereocenters. The monoisotopic (exact) mass is 373 g/mol. The van der Waals surface area contributed by atoms with Crippen molar-refractivity contribution >= 4 is 26.6 Å². The first kappa shape index (κ1) is 17.8. The summed E-state index contributed by atoms with van der Waals surface area (Å²) in [5.41, 5.74) is 2.29. The fraction of sp³-hybridized carbons (Fsp3) is 0.118. The second-order valence-electron chi connectivity index (χ2n) is 5.77. The average molecular weight is 373 g/mol. The molecule has 0 bridgehead atoms. The van der Waals surface area contributed by atoms with Crippen molar-refractivity contribution in [2.75, 3.05) is 6.26 Å². The quantitative estimate of drug-likeness (QED) is 0.520. The number of fused-ring (bicyclic) bond motifs is 1. The Labute approximate surface area is 148 Å². The van der Waals surface area contributed by atoms with E-state index in [-0.39, 0.29) is 27.9 Å². The van der Waals surface area contributed by atoms with Gasteiger partial charge in [-0.05, 0) is 35.9 Å². The van der Waals surface area contributed by atoms with Crippen molar-refractivity contribution in [2.24, 2.45) is 0 Å². The number of rotatable bonds is 4. The molecule has 2 aromatic carbocycles. The third kappa shape index (κ3) is 3.48. The van der Waals surface area contributed by atoms with E-state index < -0.39 is 15.7 Å². The Morgan fingerprint density at radius 2 is 2.00 bits per heavy atom. The molecule has 0 spiro atoms. The molecule has 0 aliphatic carbocycles.